The van der Waals surface area contributed by atoms with Crippen molar-refractivity contribution in [3.05, 3.63) is 58.3 Å². The molecule has 3 N–H and O–H groups in total. The maximum atomic E-state index is 6.13. The Labute approximate surface area is 171 Å². The van der Waals surface area contributed by atoms with Crippen LogP contribution < -0.4 is 16.0 Å². The zero-order chi connectivity index (χ0) is 20.1. The molecule has 3 rings (SSSR count). The van der Waals surface area contributed by atoms with Gasteiger partial charge in [0, 0.05) is 43.8 Å². The summed E-state index contributed by atoms with van der Waals surface area (Å²) in [5.74, 6) is 0.564. The van der Waals surface area contributed by atoms with Gasteiger partial charge < -0.3 is 20.9 Å². The number of hydrogen-bond acceptors (Lipinski definition) is 7. The molecule has 1 aliphatic heterocycles. The van der Waals surface area contributed by atoms with Gasteiger partial charge in [0.15, 0.2) is 0 Å². The Balaban J connectivity index is 1.55. The molecule has 0 amide bonds. The van der Waals surface area contributed by atoms with Gasteiger partial charge in [-0.15, -0.1) is 11.3 Å². The predicted octanol–water partition coefficient (Wildman–Crippen LogP) is 3.47. The zero-order valence-electron chi connectivity index (χ0n) is 16.8. The second-order valence-electron chi connectivity index (χ2n) is 6.96. The van der Waals surface area contributed by atoms with Gasteiger partial charge in [-0.2, -0.15) is 0 Å². The summed E-state index contributed by atoms with van der Waals surface area (Å²) in [6.45, 7) is 12.2. The van der Waals surface area contributed by atoms with Crippen LogP contribution in [-0.4, -0.2) is 49.3 Å². The van der Waals surface area contributed by atoms with Crippen LogP contribution >= 0.6 is 11.3 Å². The van der Waals surface area contributed by atoms with E-state index in [1.165, 1.54) is 5.69 Å². The molecule has 0 bridgehead atoms. The van der Waals surface area contributed by atoms with Crippen LogP contribution in [0.25, 0.3) is 5.70 Å². The molecule has 1 aliphatic rings. The SMILES string of the molecule is C=C(N=C/C=C(\N)c1sc(C)nc1C)Nc1ccc(N2CCN(C)CC2)cc1. The summed E-state index contributed by atoms with van der Waals surface area (Å²) in [5.41, 5.74) is 9.95. The van der Waals surface area contributed by atoms with Crippen molar-refractivity contribution in [2.75, 3.05) is 43.4 Å². The lowest BCUT2D eigenvalue weighted by Crippen LogP contribution is -2.44. The lowest BCUT2D eigenvalue weighted by atomic mass is 10.2. The molecule has 7 heteroatoms. The number of allylic oxidation sites excluding steroid dienone is 1. The van der Waals surface area contributed by atoms with Crippen LogP contribution in [0.15, 0.2) is 47.7 Å². The highest BCUT2D eigenvalue weighted by molar-refractivity contribution is 7.12. The van der Waals surface area contributed by atoms with E-state index >= 15 is 0 Å². The summed E-state index contributed by atoms with van der Waals surface area (Å²) in [6.07, 6.45) is 3.45. The molecule has 28 heavy (non-hydrogen) atoms. The summed E-state index contributed by atoms with van der Waals surface area (Å²) in [7, 11) is 2.17. The number of aryl methyl sites for hydroxylation is 2. The molecule has 6 nitrogen and oxygen atoms in total. The maximum absolute atomic E-state index is 6.13. The van der Waals surface area contributed by atoms with Crippen molar-refractivity contribution in [3.63, 3.8) is 0 Å². The fraction of sp³-hybridized carbons (Fsp3) is 0.333. The first kappa shape index (κ1) is 20.1. The summed E-state index contributed by atoms with van der Waals surface area (Å²) in [6, 6.07) is 8.39. The molecule has 0 atom stereocenters. The lowest BCUT2D eigenvalue weighted by molar-refractivity contribution is 0.313. The van der Waals surface area contributed by atoms with E-state index in [1.54, 1.807) is 23.6 Å². The quantitative estimate of drug-likeness (QED) is 0.732. The molecule has 0 spiro atoms. The Kier molecular flexibility index (Phi) is 6.49. The average Bonchev–Trinajstić information content (AvgIpc) is 3.01. The first-order chi connectivity index (χ1) is 13.4. The van der Waals surface area contributed by atoms with Gasteiger partial charge in [0.2, 0.25) is 0 Å². The van der Waals surface area contributed by atoms with Crippen molar-refractivity contribution in [1.82, 2.24) is 9.88 Å². The summed E-state index contributed by atoms with van der Waals surface area (Å²) >= 11 is 1.59. The first-order valence-electron chi connectivity index (χ1n) is 9.36. The number of rotatable bonds is 6. The van der Waals surface area contributed by atoms with Crippen LogP contribution in [-0.2, 0) is 0 Å². The maximum Gasteiger partial charge on any atom is 0.122 e. The molecule has 1 aromatic carbocycles. The fourth-order valence-electron chi connectivity index (χ4n) is 3.10. The monoisotopic (exact) mass is 396 g/mol. The minimum absolute atomic E-state index is 0.564. The third-order valence-electron chi connectivity index (χ3n) is 4.67. The van der Waals surface area contributed by atoms with Crippen LogP contribution in [0, 0.1) is 13.8 Å². The number of aliphatic imine (C=N–C) groups is 1. The number of nitrogens with one attached hydrogen (secondary N) is 1. The van der Waals surface area contributed by atoms with Crippen molar-refractivity contribution >= 4 is 34.6 Å². The number of aromatic nitrogens is 1. The van der Waals surface area contributed by atoms with E-state index in [9.17, 15) is 0 Å². The minimum Gasteiger partial charge on any atom is -0.397 e. The van der Waals surface area contributed by atoms with Gasteiger partial charge in [0.1, 0.15) is 5.82 Å². The molecular weight excluding hydrogens is 368 g/mol. The van der Waals surface area contributed by atoms with Crippen molar-refractivity contribution in [3.8, 4) is 0 Å². The van der Waals surface area contributed by atoms with Gasteiger partial charge in [0.05, 0.1) is 21.3 Å². The van der Waals surface area contributed by atoms with Gasteiger partial charge in [0.25, 0.3) is 0 Å². The number of hydrogen-bond donors (Lipinski definition) is 2. The third kappa shape index (κ3) is 5.21. The average molecular weight is 397 g/mol. The highest BCUT2D eigenvalue weighted by Crippen LogP contribution is 2.22. The number of likely N-dealkylation sites (N-methyl/N-ethyl adjacent to an activating group) is 1. The third-order valence-corrected chi connectivity index (χ3v) is 5.80. The highest BCUT2D eigenvalue weighted by Gasteiger charge is 2.13. The van der Waals surface area contributed by atoms with Gasteiger partial charge in [-0.1, -0.05) is 6.58 Å². The van der Waals surface area contributed by atoms with E-state index in [0.29, 0.717) is 11.5 Å². The topological polar surface area (TPSA) is 69.8 Å². The molecule has 0 radical (unpaired) electrons. The molecule has 1 aromatic heterocycles. The number of benzene rings is 1. The van der Waals surface area contributed by atoms with Gasteiger partial charge in [-0.25, -0.2) is 9.98 Å². The van der Waals surface area contributed by atoms with Crippen LogP contribution in [0.5, 0.6) is 0 Å². The Morgan fingerprint density at radius 3 is 2.50 bits per heavy atom. The van der Waals surface area contributed by atoms with Crippen molar-refractivity contribution in [2.24, 2.45) is 10.7 Å². The van der Waals surface area contributed by atoms with E-state index in [2.05, 4.69) is 63.0 Å². The second-order valence-corrected chi connectivity index (χ2v) is 8.16. The fourth-order valence-corrected chi connectivity index (χ4v) is 3.96. The number of nitrogens with two attached hydrogens (primary N) is 1. The van der Waals surface area contributed by atoms with Crippen LogP contribution in [0.2, 0.25) is 0 Å². The molecular formula is C21H28N6S. The summed E-state index contributed by atoms with van der Waals surface area (Å²) < 4.78 is 0. The summed E-state index contributed by atoms with van der Waals surface area (Å²) in [5, 5.41) is 4.22. The molecule has 0 aliphatic carbocycles. The predicted molar refractivity (Wildman–Crippen MR) is 121 cm³/mol. The largest absolute Gasteiger partial charge is 0.397 e. The van der Waals surface area contributed by atoms with Gasteiger partial charge >= 0.3 is 0 Å². The van der Waals surface area contributed by atoms with Gasteiger partial charge in [-0.05, 0) is 51.2 Å². The Bertz CT molecular complexity index is 873. The summed E-state index contributed by atoms with van der Waals surface area (Å²) in [4.78, 5) is 14.5. The molecule has 0 unspecified atom stereocenters. The number of thiazole rings is 1. The Hall–Kier alpha value is -2.64. The second kappa shape index (κ2) is 9.03. The van der Waals surface area contributed by atoms with Crippen molar-refractivity contribution < 1.29 is 0 Å². The Morgan fingerprint density at radius 1 is 1.21 bits per heavy atom. The smallest absolute Gasteiger partial charge is 0.122 e. The van der Waals surface area contributed by atoms with Crippen molar-refractivity contribution in [1.29, 1.82) is 0 Å². The van der Waals surface area contributed by atoms with E-state index in [-0.39, 0.29) is 0 Å². The minimum atomic E-state index is 0.564. The number of nitrogens with zero attached hydrogens (tertiary/aromatic N) is 4. The molecule has 0 saturated carbocycles. The van der Waals surface area contributed by atoms with Crippen LogP contribution in [0.3, 0.4) is 0 Å². The molecule has 2 heterocycles. The number of anilines is 2. The van der Waals surface area contributed by atoms with E-state index < -0.39 is 0 Å². The Morgan fingerprint density at radius 2 is 1.89 bits per heavy atom. The van der Waals surface area contributed by atoms with Crippen molar-refractivity contribution in [2.45, 2.75) is 13.8 Å². The van der Waals surface area contributed by atoms with Crippen LogP contribution in [0.4, 0.5) is 11.4 Å². The van der Waals surface area contributed by atoms with Crippen LogP contribution in [0.1, 0.15) is 15.6 Å². The van der Waals surface area contributed by atoms with E-state index in [0.717, 1.165) is 47.4 Å². The normalized spacial score (nSPS) is 16.0. The molecule has 2 aromatic rings. The molecule has 148 valence electrons. The molecule has 1 fully saturated rings. The number of piperazine rings is 1. The first-order valence-corrected chi connectivity index (χ1v) is 10.2. The zero-order valence-corrected chi connectivity index (χ0v) is 17.6. The lowest BCUT2D eigenvalue weighted by Gasteiger charge is -2.34. The highest BCUT2D eigenvalue weighted by atomic mass is 32.1. The molecule has 1 saturated heterocycles. The van der Waals surface area contributed by atoms with E-state index in [4.69, 9.17) is 5.73 Å². The van der Waals surface area contributed by atoms with E-state index in [1.807, 2.05) is 13.8 Å². The standard InChI is InChI=1S/C21H28N6S/c1-15-21(28-17(3)24-15)20(22)9-10-23-16(2)25-18-5-7-19(8-6-18)27-13-11-26(4)12-14-27/h5-10,25H,2,11-14,22H2,1,3-4H3/b20-9-,23-10?. The van der Waals surface area contributed by atoms with Gasteiger partial charge in [-0.3, -0.25) is 0 Å².